The number of aryl methyl sites for hydroxylation is 1. The Morgan fingerprint density at radius 2 is 2.06 bits per heavy atom. The Morgan fingerprint density at radius 3 is 2.62 bits per heavy atom. The fraction of sp³-hybridized carbons (Fsp3) is 0.667. The quantitative estimate of drug-likeness (QED) is 0.805. The van der Waals surface area contributed by atoms with Gasteiger partial charge in [0.25, 0.3) is 0 Å². The molecule has 0 aliphatic heterocycles. The molecule has 0 atom stereocenters. The van der Waals surface area contributed by atoms with Gasteiger partial charge in [-0.2, -0.15) is 4.98 Å². The molecule has 1 aromatic rings. The molecule has 1 rings (SSSR count). The van der Waals surface area contributed by atoms with E-state index in [4.69, 9.17) is 4.74 Å². The fourth-order valence-electron chi connectivity index (χ4n) is 1.28. The second-order valence-corrected chi connectivity index (χ2v) is 3.95. The molecule has 0 bridgehead atoms. The van der Waals surface area contributed by atoms with E-state index in [1.165, 1.54) is 0 Å². The van der Waals surface area contributed by atoms with E-state index in [1.54, 1.807) is 0 Å². The van der Waals surface area contributed by atoms with Gasteiger partial charge in [0, 0.05) is 19.0 Å². The lowest BCUT2D eigenvalue weighted by Crippen LogP contribution is -2.10. The lowest BCUT2D eigenvalue weighted by molar-refractivity contribution is 0.231. The minimum atomic E-state index is 0.138. The number of nitrogens with zero attached hydrogens (tertiary/aromatic N) is 2. The maximum absolute atomic E-state index is 5.59. The van der Waals surface area contributed by atoms with Crippen LogP contribution in [-0.4, -0.2) is 22.6 Å². The van der Waals surface area contributed by atoms with Crippen LogP contribution in [-0.2, 0) is 6.42 Å². The van der Waals surface area contributed by atoms with Crippen LogP contribution in [0.1, 0.15) is 39.9 Å². The topological polar surface area (TPSA) is 47.0 Å². The van der Waals surface area contributed by atoms with Crippen molar-refractivity contribution < 1.29 is 4.74 Å². The van der Waals surface area contributed by atoms with Crippen molar-refractivity contribution in [3.8, 4) is 5.88 Å². The molecule has 90 valence electrons. The number of hydrogen-bond acceptors (Lipinski definition) is 4. The van der Waals surface area contributed by atoms with E-state index in [-0.39, 0.29) is 6.10 Å². The van der Waals surface area contributed by atoms with Gasteiger partial charge < -0.3 is 10.1 Å². The molecule has 0 spiro atoms. The molecular formula is C12H21N3O. The zero-order valence-electron chi connectivity index (χ0n) is 10.6. The monoisotopic (exact) mass is 223 g/mol. The average molecular weight is 223 g/mol. The normalized spacial score (nSPS) is 10.6. The zero-order chi connectivity index (χ0) is 12.0. The summed E-state index contributed by atoms with van der Waals surface area (Å²) in [5.41, 5.74) is 0. The molecular weight excluding hydrogens is 202 g/mol. The standard InChI is InChI=1S/C12H21N3O/c1-5-7-13-11-8-12(16-9(3)4)15-10(6-2)14-11/h8-9H,5-7H2,1-4H3,(H,13,14,15). The second kappa shape index (κ2) is 6.30. The SMILES string of the molecule is CCCNc1cc(OC(C)C)nc(CC)n1. The zero-order valence-corrected chi connectivity index (χ0v) is 10.6. The van der Waals surface area contributed by atoms with Crippen molar-refractivity contribution in [2.24, 2.45) is 0 Å². The first-order valence-electron chi connectivity index (χ1n) is 5.94. The molecule has 4 nitrogen and oxygen atoms in total. The van der Waals surface area contributed by atoms with Gasteiger partial charge in [0.1, 0.15) is 11.6 Å². The number of anilines is 1. The van der Waals surface area contributed by atoms with E-state index in [0.29, 0.717) is 5.88 Å². The van der Waals surface area contributed by atoms with Crippen LogP contribution in [0.4, 0.5) is 5.82 Å². The van der Waals surface area contributed by atoms with Crippen molar-refractivity contribution >= 4 is 5.82 Å². The van der Waals surface area contributed by atoms with Crippen LogP contribution in [0.3, 0.4) is 0 Å². The highest BCUT2D eigenvalue weighted by Crippen LogP contribution is 2.15. The van der Waals surface area contributed by atoms with Gasteiger partial charge in [0.05, 0.1) is 6.10 Å². The smallest absolute Gasteiger partial charge is 0.218 e. The van der Waals surface area contributed by atoms with Crippen LogP contribution < -0.4 is 10.1 Å². The number of nitrogens with one attached hydrogen (secondary N) is 1. The molecule has 0 aliphatic carbocycles. The first-order chi connectivity index (χ1) is 7.65. The first-order valence-corrected chi connectivity index (χ1v) is 5.94. The van der Waals surface area contributed by atoms with Crippen LogP contribution in [0.15, 0.2) is 6.07 Å². The van der Waals surface area contributed by atoms with Gasteiger partial charge in [-0.05, 0) is 20.3 Å². The molecule has 0 fully saturated rings. The third-order valence-electron chi connectivity index (χ3n) is 1.98. The summed E-state index contributed by atoms with van der Waals surface area (Å²) >= 11 is 0. The van der Waals surface area contributed by atoms with Crippen molar-refractivity contribution in [3.05, 3.63) is 11.9 Å². The minimum Gasteiger partial charge on any atom is -0.475 e. The van der Waals surface area contributed by atoms with Crippen molar-refractivity contribution in [1.82, 2.24) is 9.97 Å². The molecule has 16 heavy (non-hydrogen) atoms. The molecule has 1 aromatic heterocycles. The summed E-state index contributed by atoms with van der Waals surface area (Å²) in [5.74, 6) is 2.32. The van der Waals surface area contributed by atoms with Crippen molar-refractivity contribution in [2.75, 3.05) is 11.9 Å². The Labute approximate surface area is 97.5 Å². The van der Waals surface area contributed by atoms with E-state index in [0.717, 1.165) is 31.0 Å². The van der Waals surface area contributed by atoms with E-state index >= 15 is 0 Å². The molecule has 1 N–H and O–H groups in total. The van der Waals surface area contributed by atoms with Gasteiger partial charge >= 0.3 is 0 Å². The van der Waals surface area contributed by atoms with Gasteiger partial charge in [-0.1, -0.05) is 13.8 Å². The summed E-state index contributed by atoms with van der Waals surface area (Å²) in [7, 11) is 0. The van der Waals surface area contributed by atoms with E-state index in [9.17, 15) is 0 Å². The summed E-state index contributed by atoms with van der Waals surface area (Å²) in [5, 5.41) is 3.25. The van der Waals surface area contributed by atoms with E-state index < -0.39 is 0 Å². The molecule has 0 unspecified atom stereocenters. The summed E-state index contributed by atoms with van der Waals surface area (Å²) in [6.07, 6.45) is 2.03. The van der Waals surface area contributed by atoms with Crippen LogP contribution in [0.5, 0.6) is 5.88 Å². The van der Waals surface area contributed by atoms with E-state index in [1.807, 2.05) is 26.8 Å². The Kier molecular flexibility index (Phi) is 5.02. The van der Waals surface area contributed by atoms with Gasteiger partial charge in [-0.25, -0.2) is 4.98 Å². The Balaban J connectivity index is 2.82. The predicted octanol–water partition coefficient (Wildman–Crippen LogP) is 2.65. The molecule has 0 saturated heterocycles. The Bertz CT molecular complexity index is 326. The first kappa shape index (κ1) is 12.7. The fourth-order valence-corrected chi connectivity index (χ4v) is 1.28. The van der Waals surface area contributed by atoms with Crippen molar-refractivity contribution in [2.45, 2.75) is 46.6 Å². The van der Waals surface area contributed by atoms with Gasteiger partial charge in [0.15, 0.2) is 0 Å². The van der Waals surface area contributed by atoms with Gasteiger partial charge in [-0.3, -0.25) is 0 Å². The molecule has 4 heteroatoms. The van der Waals surface area contributed by atoms with Gasteiger partial charge in [0.2, 0.25) is 5.88 Å². The third kappa shape index (κ3) is 4.04. The highest BCUT2D eigenvalue weighted by Gasteiger charge is 2.05. The summed E-state index contributed by atoms with van der Waals surface area (Å²) in [6.45, 7) is 9.07. The average Bonchev–Trinajstić information content (AvgIpc) is 2.25. The van der Waals surface area contributed by atoms with Crippen LogP contribution >= 0.6 is 0 Å². The van der Waals surface area contributed by atoms with E-state index in [2.05, 4.69) is 22.2 Å². The summed E-state index contributed by atoms with van der Waals surface area (Å²) in [4.78, 5) is 8.72. The van der Waals surface area contributed by atoms with Crippen LogP contribution in [0, 0.1) is 0 Å². The third-order valence-corrected chi connectivity index (χ3v) is 1.98. The maximum Gasteiger partial charge on any atom is 0.218 e. The number of aromatic nitrogens is 2. The highest BCUT2D eigenvalue weighted by molar-refractivity contribution is 5.38. The minimum absolute atomic E-state index is 0.138. The van der Waals surface area contributed by atoms with Gasteiger partial charge in [-0.15, -0.1) is 0 Å². The predicted molar refractivity (Wildman–Crippen MR) is 66.0 cm³/mol. The molecule has 0 amide bonds. The number of hydrogen-bond donors (Lipinski definition) is 1. The Morgan fingerprint density at radius 1 is 1.31 bits per heavy atom. The molecule has 0 saturated carbocycles. The molecule has 0 aliphatic rings. The number of rotatable bonds is 6. The molecule has 1 heterocycles. The van der Waals surface area contributed by atoms with Crippen molar-refractivity contribution in [3.63, 3.8) is 0 Å². The lowest BCUT2D eigenvalue weighted by Gasteiger charge is -2.11. The maximum atomic E-state index is 5.59. The molecule has 0 radical (unpaired) electrons. The summed E-state index contributed by atoms with van der Waals surface area (Å²) in [6, 6.07) is 1.86. The highest BCUT2D eigenvalue weighted by atomic mass is 16.5. The van der Waals surface area contributed by atoms with Crippen molar-refractivity contribution in [1.29, 1.82) is 0 Å². The lowest BCUT2D eigenvalue weighted by atomic mass is 10.4. The molecule has 0 aromatic carbocycles. The summed E-state index contributed by atoms with van der Waals surface area (Å²) < 4.78 is 5.59. The largest absolute Gasteiger partial charge is 0.475 e. The van der Waals surface area contributed by atoms with Crippen LogP contribution in [0.2, 0.25) is 0 Å². The Hall–Kier alpha value is -1.32. The second-order valence-electron chi connectivity index (χ2n) is 3.95. The number of ether oxygens (including phenoxy) is 1. The van der Waals surface area contributed by atoms with Crippen LogP contribution in [0.25, 0.3) is 0 Å².